The van der Waals surface area contributed by atoms with Crippen LogP contribution in [0.5, 0.6) is 5.75 Å². The number of fused-ring (bicyclic) bond motifs is 1. The van der Waals surface area contributed by atoms with Crippen LogP contribution < -0.4 is 4.74 Å². The van der Waals surface area contributed by atoms with Crippen LogP contribution in [-0.2, 0) is 13.0 Å². The number of hydrogen-bond donors (Lipinski definition) is 0. The van der Waals surface area contributed by atoms with Gasteiger partial charge in [-0.15, -0.1) is 0 Å². The van der Waals surface area contributed by atoms with Crippen LogP contribution in [0.25, 0.3) is 0 Å². The van der Waals surface area contributed by atoms with Crippen LogP contribution in [0.4, 0.5) is 0 Å². The quantitative estimate of drug-likeness (QED) is 0.827. The van der Waals surface area contributed by atoms with Crippen molar-refractivity contribution in [2.24, 2.45) is 0 Å². The SMILES string of the molecule is COc1ccc(Cl)cc1C(=O)N1CCC(N2CCc3ccccc3C2)C1. The van der Waals surface area contributed by atoms with Crippen molar-refractivity contribution in [1.82, 2.24) is 9.80 Å². The molecule has 2 aliphatic rings. The molecular formula is C21H23ClN2O2. The summed E-state index contributed by atoms with van der Waals surface area (Å²) in [5.41, 5.74) is 3.42. The topological polar surface area (TPSA) is 32.8 Å². The van der Waals surface area contributed by atoms with E-state index in [0.717, 1.165) is 39.0 Å². The molecule has 0 N–H and O–H groups in total. The third kappa shape index (κ3) is 3.31. The van der Waals surface area contributed by atoms with Crippen molar-refractivity contribution >= 4 is 17.5 Å². The molecule has 1 amide bonds. The molecule has 5 heteroatoms. The molecule has 0 aromatic heterocycles. The van der Waals surface area contributed by atoms with Crippen LogP contribution in [0.2, 0.25) is 5.02 Å². The van der Waals surface area contributed by atoms with Crippen LogP contribution in [0.3, 0.4) is 0 Å². The van der Waals surface area contributed by atoms with Gasteiger partial charge in [0.25, 0.3) is 5.91 Å². The first-order valence-corrected chi connectivity index (χ1v) is 9.47. The molecular weight excluding hydrogens is 348 g/mol. The Hall–Kier alpha value is -2.04. The van der Waals surface area contributed by atoms with Crippen LogP contribution in [0.15, 0.2) is 42.5 Å². The average Bonchev–Trinajstić information content (AvgIpc) is 3.17. The lowest BCUT2D eigenvalue weighted by molar-refractivity contribution is 0.0770. The standard InChI is InChI=1S/C21H23ClN2O2/c1-26-20-7-6-17(22)12-19(20)21(25)24-11-9-18(14-24)23-10-8-15-4-2-3-5-16(15)13-23/h2-7,12,18H,8-11,13-14H2,1H3. The van der Waals surface area contributed by atoms with E-state index >= 15 is 0 Å². The third-order valence-corrected chi connectivity index (χ3v) is 5.75. The zero-order valence-electron chi connectivity index (χ0n) is 15.0. The van der Waals surface area contributed by atoms with Crippen molar-refractivity contribution in [2.45, 2.75) is 25.4 Å². The Bertz CT molecular complexity index is 823. The molecule has 1 unspecified atom stereocenters. The monoisotopic (exact) mass is 370 g/mol. The van der Waals surface area contributed by atoms with Crippen LogP contribution in [0.1, 0.15) is 27.9 Å². The highest BCUT2D eigenvalue weighted by Crippen LogP contribution is 2.28. The molecule has 0 radical (unpaired) electrons. The van der Waals surface area contributed by atoms with Crippen LogP contribution in [0, 0.1) is 0 Å². The van der Waals surface area contributed by atoms with E-state index in [1.54, 1.807) is 25.3 Å². The van der Waals surface area contributed by atoms with Gasteiger partial charge >= 0.3 is 0 Å². The average molecular weight is 371 g/mol. The molecule has 0 spiro atoms. The largest absolute Gasteiger partial charge is 0.496 e. The lowest BCUT2D eigenvalue weighted by atomic mass is 9.98. The van der Waals surface area contributed by atoms with Crippen molar-refractivity contribution in [2.75, 3.05) is 26.7 Å². The van der Waals surface area contributed by atoms with Crippen LogP contribution >= 0.6 is 11.6 Å². The Kier molecular flexibility index (Phi) is 4.88. The van der Waals surface area contributed by atoms with E-state index in [2.05, 4.69) is 29.2 Å². The van der Waals surface area contributed by atoms with Gasteiger partial charge in [-0.05, 0) is 42.2 Å². The molecule has 136 valence electrons. The number of nitrogens with zero attached hydrogens (tertiary/aromatic N) is 2. The zero-order chi connectivity index (χ0) is 18.1. The lowest BCUT2D eigenvalue weighted by Gasteiger charge is -2.33. The summed E-state index contributed by atoms with van der Waals surface area (Å²) in [5.74, 6) is 0.582. The Morgan fingerprint density at radius 2 is 1.96 bits per heavy atom. The molecule has 2 aromatic carbocycles. The van der Waals surface area contributed by atoms with Gasteiger partial charge < -0.3 is 9.64 Å². The molecule has 1 fully saturated rings. The van der Waals surface area contributed by atoms with Gasteiger partial charge in [-0.25, -0.2) is 0 Å². The Labute approximate surface area is 159 Å². The smallest absolute Gasteiger partial charge is 0.257 e. The molecule has 1 saturated heterocycles. The number of hydrogen-bond acceptors (Lipinski definition) is 3. The maximum atomic E-state index is 13.0. The first kappa shape index (κ1) is 17.4. The second kappa shape index (κ2) is 7.29. The van der Waals surface area contributed by atoms with Crippen molar-refractivity contribution in [3.05, 3.63) is 64.2 Å². The Morgan fingerprint density at radius 1 is 1.15 bits per heavy atom. The normalized spacial score (nSPS) is 20.1. The van der Waals surface area contributed by atoms with Crippen molar-refractivity contribution in [3.8, 4) is 5.75 Å². The Balaban J connectivity index is 1.46. The minimum atomic E-state index is 0.00394. The predicted octanol–water partition coefficient (Wildman–Crippen LogP) is 3.62. The zero-order valence-corrected chi connectivity index (χ0v) is 15.7. The van der Waals surface area contributed by atoms with E-state index in [1.807, 2.05) is 4.90 Å². The van der Waals surface area contributed by atoms with Gasteiger partial charge in [-0.1, -0.05) is 35.9 Å². The number of carbonyl (C=O) groups is 1. The molecule has 2 aliphatic heterocycles. The number of halogens is 1. The first-order valence-electron chi connectivity index (χ1n) is 9.09. The van der Waals surface area contributed by atoms with Gasteiger partial charge in [-0.3, -0.25) is 9.69 Å². The van der Waals surface area contributed by atoms with E-state index in [-0.39, 0.29) is 5.91 Å². The minimum Gasteiger partial charge on any atom is -0.496 e. The van der Waals surface area contributed by atoms with E-state index in [9.17, 15) is 4.79 Å². The molecule has 4 rings (SSSR count). The summed E-state index contributed by atoms with van der Waals surface area (Å²) in [6.45, 7) is 3.57. The van der Waals surface area contributed by atoms with E-state index < -0.39 is 0 Å². The second-order valence-electron chi connectivity index (χ2n) is 7.03. The molecule has 2 heterocycles. The molecule has 0 aliphatic carbocycles. The lowest BCUT2D eigenvalue weighted by Crippen LogP contribution is -2.41. The van der Waals surface area contributed by atoms with Gasteiger partial charge in [0.15, 0.2) is 0 Å². The molecule has 26 heavy (non-hydrogen) atoms. The number of ether oxygens (including phenoxy) is 1. The fourth-order valence-corrected chi connectivity index (χ4v) is 4.24. The highest BCUT2D eigenvalue weighted by Gasteiger charge is 2.33. The predicted molar refractivity (Wildman–Crippen MR) is 103 cm³/mol. The summed E-state index contributed by atoms with van der Waals surface area (Å²) in [4.78, 5) is 17.4. The molecule has 1 atom stereocenters. The van der Waals surface area contributed by atoms with Crippen LogP contribution in [-0.4, -0.2) is 48.5 Å². The summed E-state index contributed by atoms with van der Waals surface area (Å²) in [6, 6.07) is 14.3. The summed E-state index contributed by atoms with van der Waals surface area (Å²) in [7, 11) is 1.58. The van der Waals surface area contributed by atoms with Gasteiger partial charge in [-0.2, -0.15) is 0 Å². The Morgan fingerprint density at radius 3 is 2.77 bits per heavy atom. The number of likely N-dealkylation sites (tertiary alicyclic amines) is 1. The molecule has 2 aromatic rings. The van der Waals surface area contributed by atoms with Gasteiger partial charge in [0, 0.05) is 37.2 Å². The number of rotatable bonds is 3. The number of benzene rings is 2. The molecule has 0 bridgehead atoms. The number of carbonyl (C=O) groups excluding carboxylic acids is 1. The first-order chi connectivity index (χ1) is 12.7. The highest BCUT2D eigenvalue weighted by molar-refractivity contribution is 6.31. The van der Waals surface area contributed by atoms with E-state index in [0.29, 0.717) is 22.4 Å². The second-order valence-corrected chi connectivity index (χ2v) is 7.46. The summed E-state index contributed by atoms with van der Waals surface area (Å²) >= 11 is 6.09. The molecule has 4 nitrogen and oxygen atoms in total. The maximum Gasteiger partial charge on any atom is 0.257 e. The van der Waals surface area contributed by atoms with Gasteiger partial charge in [0.2, 0.25) is 0 Å². The van der Waals surface area contributed by atoms with Crippen molar-refractivity contribution in [3.63, 3.8) is 0 Å². The fraction of sp³-hybridized carbons (Fsp3) is 0.381. The number of methoxy groups -OCH3 is 1. The van der Waals surface area contributed by atoms with Gasteiger partial charge in [0.1, 0.15) is 5.75 Å². The summed E-state index contributed by atoms with van der Waals surface area (Å²) in [5, 5.41) is 0.553. The minimum absolute atomic E-state index is 0.00394. The van der Waals surface area contributed by atoms with Crippen molar-refractivity contribution < 1.29 is 9.53 Å². The highest BCUT2D eigenvalue weighted by atomic mass is 35.5. The van der Waals surface area contributed by atoms with E-state index in [4.69, 9.17) is 16.3 Å². The number of amides is 1. The van der Waals surface area contributed by atoms with E-state index in [1.165, 1.54) is 11.1 Å². The summed E-state index contributed by atoms with van der Waals surface area (Å²) < 4.78 is 5.35. The third-order valence-electron chi connectivity index (χ3n) is 5.52. The van der Waals surface area contributed by atoms with Crippen molar-refractivity contribution in [1.29, 1.82) is 0 Å². The van der Waals surface area contributed by atoms with Gasteiger partial charge in [0.05, 0.1) is 12.7 Å². The fourth-order valence-electron chi connectivity index (χ4n) is 4.07. The molecule has 0 saturated carbocycles. The maximum absolute atomic E-state index is 13.0. The summed E-state index contributed by atoms with van der Waals surface area (Å²) in [6.07, 6.45) is 2.10.